The minimum atomic E-state index is -0.707. The second-order valence-corrected chi connectivity index (χ2v) is 7.48. The lowest BCUT2D eigenvalue weighted by Crippen LogP contribution is -2.34. The topological polar surface area (TPSA) is 127 Å². The molecule has 1 aromatic heterocycles. The van der Waals surface area contributed by atoms with Crippen LogP contribution in [0.1, 0.15) is 44.0 Å². The molecule has 0 aliphatic heterocycles. The number of primary amides is 1. The molecule has 0 fully saturated rings. The molecule has 0 atom stereocenters. The molecular weight excluding hydrogens is 388 g/mol. The number of hydrogen-bond acceptors (Lipinski definition) is 6. The van der Waals surface area contributed by atoms with E-state index < -0.39 is 16.7 Å². The van der Waals surface area contributed by atoms with Gasteiger partial charge in [0, 0.05) is 10.9 Å². The first kappa shape index (κ1) is 18.9. The molecule has 1 aliphatic rings. The van der Waals surface area contributed by atoms with Crippen LogP contribution in [0.25, 0.3) is 0 Å². The van der Waals surface area contributed by atoms with Gasteiger partial charge in [-0.2, -0.15) is 0 Å². The molecule has 27 heavy (non-hydrogen) atoms. The van der Waals surface area contributed by atoms with Gasteiger partial charge in [0.1, 0.15) is 10.6 Å². The number of nitro benzene ring substituents is 1. The third-order valence-electron chi connectivity index (χ3n) is 4.22. The molecule has 8 nitrogen and oxygen atoms in total. The predicted molar refractivity (Wildman–Crippen MR) is 106 cm³/mol. The average molecular weight is 404 g/mol. The predicted octanol–water partition coefficient (Wildman–Crippen LogP) is 2.76. The van der Waals surface area contributed by atoms with Crippen molar-refractivity contribution in [2.45, 2.75) is 25.7 Å². The first-order valence-electron chi connectivity index (χ1n) is 8.18. The SMILES string of the molecule is NC(=O)c1c(NC(=S)NC(=O)c2ccccc2[N+](=O)[O-])sc2c1CCCC2. The maximum atomic E-state index is 12.4. The van der Waals surface area contributed by atoms with E-state index in [0.717, 1.165) is 36.1 Å². The summed E-state index contributed by atoms with van der Waals surface area (Å²) in [5.74, 6) is -1.26. The van der Waals surface area contributed by atoms with Crippen molar-refractivity contribution in [2.75, 3.05) is 5.32 Å². The quantitative estimate of drug-likeness (QED) is 0.408. The number of nitrogens with zero attached hydrogens (tertiary/aromatic N) is 1. The zero-order valence-electron chi connectivity index (χ0n) is 14.1. The van der Waals surface area contributed by atoms with Gasteiger partial charge in [0.25, 0.3) is 17.5 Å². The van der Waals surface area contributed by atoms with Gasteiger partial charge in [-0.05, 0) is 49.5 Å². The molecule has 1 aromatic carbocycles. The number of carbonyl (C=O) groups excluding carboxylic acids is 2. The summed E-state index contributed by atoms with van der Waals surface area (Å²) < 4.78 is 0. The number of thiocarbonyl (C=S) groups is 1. The van der Waals surface area contributed by atoms with Crippen molar-refractivity contribution in [3.8, 4) is 0 Å². The highest BCUT2D eigenvalue weighted by molar-refractivity contribution is 7.80. The summed E-state index contributed by atoms with van der Waals surface area (Å²) in [5.41, 5.74) is 6.44. The average Bonchev–Trinajstić information content (AvgIpc) is 2.99. The summed E-state index contributed by atoms with van der Waals surface area (Å²) in [6.07, 6.45) is 3.69. The Kier molecular flexibility index (Phi) is 5.47. The fourth-order valence-electron chi connectivity index (χ4n) is 3.04. The second kappa shape index (κ2) is 7.80. The Hall–Kier alpha value is -2.85. The molecule has 140 valence electrons. The number of carbonyl (C=O) groups is 2. The van der Waals surface area contributed by atoms with Gasteiger partial charge in [-0.1, -0.05) is 12.1 Å². The van der Waals surface area contributed by atoms with E-state index in [4.69, 9.17) is 18.0 Å². The molecule has 1 aliphatic carbocycles. The third-order valence-corrected chi connectivity index (χ3v) is 5.63. The summed E-state index contributed by atoms with van der Waals surface area (Å²) in [6.45, 7) is 0. The zero-order chi connectivity index (χ0) is 19.6. The molecule has 4 N–H and O–H groups in total. The fraction of sp³-hybridized carbons (Fsp3) is 0.235. The first-order valence-corrected chi connectivity index (χ1v) is 9.41. The molecule has 0 saturated carbocycles. The Labute approximate surface area is 163 Å². The maximum absolute atomic E-state index is 12.4. The van der Waals surface area contributed by atoms with E-state index in [1.807, 2.05) is 0 Å². The lowest BCUT2D eigenvalue weighted by Gasteiger charge is -2.11. The van der Waals surface area contributed by atoms with Crippen molar-refractivity contribution in [1.82, 2.24) is 5.32 Å². The Morgan fingerprint density at radius 2 is 1.93 bits per heavy atom. The molecule has 2 aromatic rings. The minimum absolute atomic E-state index is 0.0563. The molecule has 10 heteroatoms. The Balaban J connectivity index is 1.79. The molecule has 0 saturated heterocycles. The van der Waals surface area contributed by atoms with Crippen molar-refractivity contribution in [3.05, 3.63) is 55.9 Å². The first-order chi connectivity index (χ1) is 12.9. The van der Waals surface area contributed by atoms with Crippen molar-refractivity contribution in [3.63, 3.8) is 0 Å². The molecule has 3 rings (SSSR count). The van der Waals surface area contributed by atoms with E-state index in [0.29, 0.717) is 10.6 Å². The number of nitro groups is 1. The van der Waals surface area contributed by atoms with Gasteiger partial charge >= 0.3 is 0 Å². The van der Waals surface area contributed by atoms with E-state index in [9.17, 15) is 19.7 Å². The van der Waals surface area contributed by atoms with Gasteiger partial charge in [0.05, 0.1) is 10.5 Å². The van der Waals surface area contributed by atoms with E-state index in [-0.39, 0.29) is 16.4 Å². The summed E-state index contributed by atoms with van der Waals surface area (Å²) >= 11 is 6.54. The Morgan fingerprint density at radius 3 is 2.63 bits per heavy atom. The van der Waals surface area contributed by atoms with Crippen LogP contribution in [-0.4, -0.2) is 21.9 Å². The summed E-state index contributed by atoms with van der Waals surface area (Å²) in [6, 6.07) is 5.58. The molecule has 0 radical (unpaired) electrons. The number of para-hydroxylation sites is 1. The van der Waals surface area contributed by atoms with Gasteiger partial charge < -0.3 is 11.1 Å². The highest BCUT2D eigenvalue weighted by atomic mass is 32.1. The smallest absolute Gasteiger partial charge is 0.282 e. The summed E-state index contributed by atoms with van der Waals surface area (Å²) in [7, 11) is 0. The number of anilines is 1. The summed E-state index contributed by atoms with van der Waals surface area (Å²) in [5, 5.41) is 16.8. The van der Waals surface area contributed by atoms with Crippen LogP contribution in [0.4, 0.5) is 10.7 Å². The van der Waals surface area contributed by atoms with E-state index >= 15 is 0 Å². The zero-order valence-corrected chi connectivity index (χ0v) is 15.7. The van der Waals surface area contributed by atoms with Crippen molar-refractivity contribution in [2.24, 2.45) is 5.73 Å². The Morgan fingerprint density at radius 1 is 1.22 bits per heavy atom. The van der Waals surface area contributed by atoms with Gasteiger partial charge in [0.15, 0.2) is 5.11 Å². The van der Waals surface area contributed by atoms with Gasteiger partial charge in [0.2, 0.25) is 0 Å². The van der Waals surface area contributed by atoms with Crippen LogP contribution in [0.3, 0.4) is 0 Å². The third kappa shape index (κ3) is 3.96. The number of hydrogen-bond donors (Lipinski definition) is 3. The van der Waals surface area contributed by atoms with Crippen LogP contribution in [0, 0.1) is 10.1 Å². The monoisotopic (exact) mass is 404 g/mol. The van der Waals surface area contributed by atoms with Gasteiger partial charge in [-0.15, -0.1) is 11.3 Å². The lowest BCUT2D eigenvalue weighted by atomic mass is 9.95. The fourth-order valence-corrected chi connectivity index (χ4v) is 4.60. The normalized spacial score (nSPS) is 12.7. The number of aryl methyl sites for hydroxylation is 1. The standard InChI is InChI=1S/C17H16N4O4S2/c18-14(22)13-10-6-2-4-8-12(10)27-16(13)20-17(26)19-15(23)9-5-1-3-7-11(9)21(24)25/h1,3,5,7H,2,4,6,8H2,(H2,18,22)(H2,19,20,23,26). The van der Waals surface area contributed by atoms with Gasteiger partial charge in [-0.25, -0.2) is 0 Å². The van der Waals surface area contributed by atoms with Crippen molar-refractivity contribution < 1.29 is 14.5 Å². The van der Waals surface area contributed by atoms with Crippen LogP contribution in [0.2, 0.25) is 0 Å². The van der Waals surface area contributed by atoms with E-state index in [2.05, 4.69) is 10.6 Å². The van der Waals surface area contributed by atoms with Crippen LogP contribution in [-0.2, 0) is 12.8 Å². The van der Waals surface area contributed by atoms with Crippen LogP contribution >= 0.6 is 23.6 Å². The Bertz CT molecular complexity index is 954. The highest BCUT2D eigenvalue weighted by Crippen LogP contribution is 2.37. The number of thiophene rings is 1. The maximum Gasteiger partial charge on any atom is 0.282 e. The number of nitrogens with one attached hydrogen (secondary N) is 2. The largest absolute Gasteiger partial charge is 0.365 e. The number of amides is 2. The van der Waals surface area contributed by atoms with Crippen LogP contribution < -0.4 is 16.4 Å². The van der Waals surface area contributed by atoms with Crippen molar-refractivity contribution >= 4 is 51.2 Å². The minimum Gasteiger partial charge on any atom is -0.365 e. The highest BCUT2D eigenvalue weighted by Gasteiger charge is 2.25. The molecule has 0 spiro atoms. The van der Waals surface area contributed by atoms with Crippen LogP contribution in [0.15, 0.2) is 24.3 Å². The second-order valence-electron chi connectivity index (χ2n) is 5.96. The van der Waals surface area contributed by atoms with Crippen molar-refractivity contribution in [1.29, 1.82) is 0 Å². The number of rotatable bonds is 4. The molecule has 1 heterocycles. The molecular formula is C17H16N4O4S2. The molecule has 0 bridgehead atoms. The van der Waals surface area contributed by atoms with Crippen LogP contribution in [0.5, 0.6) is 0 Å². The van der Waals surface area contributed by atoms with E-state index in [1.165, 1.54) is 35.6 Å². The van der Waals surface area contributed by atoms with Gasteiger partial charge in [-0.3, -0.25) is 25.0 Å². The summed E-state index contributed by atoms with van der Waals surface area (Å²) in [4.78, 5) is 35.8. The molecule has 2 amide bonds. The molecule has 0 unspecified atom stereocenters. The number of benzene rings is 1. The lowest BCUT2D eigenvalue weighted by molar-refractivity contribution is -0.385. The van der Waals surface area contributed by atoms with E-state index in [1.54, 1.807) is 0 Å². The number of nitrogens with two attached hydrogens (primary N) is 1. The number of fused-ring (bicyclic) bond motifs is 1.